The van der Waals surface area contributed by atoms with Gasteiger partial charge in [-0.05, 0) is 47.2 Å². The van der Waals surface area contributed by atoms with Gasteiger partial charge in [0.2, 0.25) is 0 Å². The lowest BCUT2D eigenvalue weighted by Crippen LogP contribution is -2.17. The number of halogens is 1. The zero-order valence-corrected chi connectivity index (χ0v) is 13.9. The topological polar surface area (TPSA) is 12.0 Å². The maximum Gasteiger partial charge on any atom is 0.0408 e. The summed E-state index contributed by atoms with van der Waals surface area (Å²) >= 11 is 5.98. The van der Waals surface area contributed by atoms with Crippen LogP contribution in [0.25, 0.3) is 0 Å². The molecule has 1 N–H and O–H groups in total. The van der Waals surface area contributed by atoms with Crippen LogP contribution in [0.1, 0.15) is 37.5 Å². The van der Waals surface area contributed by atoms with Crippen molar-refractivity contribution < 1.29 is 0 Å². The second-order valence-corrected chi connectivity index (χ2v) is 6.94. The van der Waals surface area contributed by atoms with Gasteiger partial charge in [-0.3, -0.25) is 0 Å². The van der Waals surface area contributed by atoms with E-state index in [9.17, 15) is 0 Å². The average molecular weight is 302 g/mol. The van der Waals surface area contributed by atoms with E-state index in [0.717, 1.165) is 24.5 Å². The van der Waals surface area contributed by atoms with Gasteiger partial charge in [-0.2, -0.15) is 0 Å². The summed E-state index contributed by atoms with van der Waals surface area (Å²) in [6.45, 7) is 8.59. The fourth-order valence-electron chi connectivity index (χ4n) is 2.28. The zero-order chi connectivity index (χ0) is 15.3. The molecule has 2 aromatic carbocycles. The second-order valence-electron chi connectivity index (χ2n) is 6.50. The highest BCUT2D eigenvalue weighted by Gasteiger charge is 2.12. The Morgan fingerprint density at radius 2 is 1.67 bits per heavy atom. The summed E-state index contributed by atoms with van der Waals surface area (Å²) in [7, 11) is 0. The van der Waals surface area contributed by atoms with Crippen LogP contribution in [0, 0.1) is 0 Å². The highest BCUT2D eigenvalue weighted by Crippen LogP contribution is 2.22. The van der Waals surface area contributed by atoms with Crippen LogP contribution >= 0.6 is 11.6 Å². The first-order valence-electron chi connectivity index (χ1n) is 7.50. The van der Waals surface area contributed by atoms with Crippen LogP contribution in [0.15, 0.2) is 48.5 Å². The first-order chi connectivity index (χ1) is 9.95. The largest absolute Gasteiger partial charge is 0.312 e. The Kier molecular flexibility index (Phi) is 5.44. The van der Waals surface area contributed by atoms with Gasteiger partial charge in [-0.15, -0.1) is 0 Å². The van der Waals surface area contributed by atoms with E-state index in [2.05, 4.69) is 56.4 Å². The zero-order valence-electron chi connectivity index (χ0n) is 13.1. The summed E-state index contributed by atoms with van der Waals surface area (Å²) in [6, 6.07) is 17.0. The summed E-state index contributed by atoms with van der Waals surface area (Å²) in [6.07, 6.45) is 1.00. The minimum absolute atomic E-state index is 0.221. The lowest BCUT2D eigenvalue weighted by atomic mass is 9.87. The highest BCUT2D eigenvalue weighted by molar-refractivity contribution is 6.30. The molecule has 1 nitrogen and oxygen atoms in total. The van der Waals surface area contributed by atoms with Crippen molar-refractivity contribution in [1.82, 2.24) is 5.32 Å². The first-order valence-corrected chi connectivity index (χ1v) is 7.87. The van der Waals surface area contributed by atoms with Crippen molar-refractivity contribution in [2.24, 2.45) is 0 Å². The highest BCUT2D eigenvalue weighted by atomic mass is 35.5. The minimum atomic E-state index is 0.221. The maximum absolute atomic E-state index is 5.98. The van der Waals surface area contributed by atoms with Crippen LogP contribution in [0.4, 0.5) is 0 Å². The molecule has 0 aromatic heterocycles. The van der Waals surface area contributed by atoms with Crippen LogP contribution < -0.4 is 5.32 Å². The molecule has 0 aliphatic carbocycles. The van der Waals surface area contributed by atoms with Gasteiger partial charge in [0, 0.05) is 11.6 Å². The fourth-order valence-corrected chi connectivity index (χ4v) is 2.49. The molecule has 2 rings (SSSR count). The molecule has 112 valence electrons. The molecule has 0 saturated heterocycles. The van der Waals surface area contributed by atoms with Gasteiger partial charge in [-0.25, -0.2) is 0 Å². The van der Waals surface area contributed by atoms with Gasteiger partial charge < -0.3 is 5.32 Å². The average Bonchev–Trinajstić information content (AvgIpc) is 2.43. The van der Waals surface area contributed by atoms with E-state index >= 15 is 0 Å². The number of hydrogen-bond donors (Lipinski definition) is 1. The Morgan fingerprint density at radius 3 is 2.29 bits per heavy atom. The molecule has 0 amide bonds. The van der Waals surface area contributed by atoms with Crippen molar-refractivity contribution in [2.75, 3.05) is 6.54 Å². The lowest BCUT2D eigenvalue weighted by molar-refractivity contribution is 0.589. The molecule has 0 spiro atoms. The number of hydrogen-bond acceptors (Lipinski definition) is 1. The third kappa shape index (κ3) is 5.18. The molecule has 0 radical (unpaired) electrons. The van der Waals surface area contributed by atoms with Gasteiger partial charge in [-0.1, -0.05) is 68.8 Å². The Bertz CT molecular complexity index is 567. The van der Waals surface area contributed by atoms with Crippen molar-refractivity contribution >= 4 is 11.6 Å². The van der Waals surface area contributed by atoms with Gasteiger partial charge in [0.25, 0.3) is 0 Å². The molecule has 0 fully saturated rings. The predicted molar refractivity (Wildman–Crippen MR) is 92.0 cm³/mol. The summed E-state index contributed by atoms with van der Waals surface area (Å²) < 4.78 is 0. The van der Waals surface area contributed by atoms with E-state index in [-0.39, 0.29) is 5.41 Å². The summed E-state index contributed by atoms with van der Waals surface area (Å²) in [5, 5.41) is 4.30. The summed E-state index contributed by atoms with van der Waals surface area (Å²) in [5.41, 5.74) is 4.20. The van der Waals surface area contributed by atoms with E-state index in [1.165, 1.54) is 16.7 Å². The van der Waals surface area contributed by atoms with Gasteiger partial charge >= 0.3 is 0 Å². The van der Waals surface area contributed by atoms with Crippen molar-refractivity contribution in [1.29, 1.82) is 0 Å². The second kappa shape index (κ2) is 7.11. The van der Waals surface area contributed by atoms with Crippen LogP contribution in [0.2, 0.25) is 5.02 Å². The molecule has 21 heavy (non-hydrogen) atoms. The standard InChI is InChI=1S/C19H24ClN/c1-19(2,3)17-9-7-16(8-10-17)14-21-12-11-15-5-4-6-18(20)13-15/h4-10,13,21H,11-12,14H2,1-3H3. The van der Waals surface area contributed by atoms with Crippen molar-refractivity contribution in [2.45, 2.75) is 39.2 Å². The van der Waals surface area contributed by atoms with Crippen LogP contribution in [0.3, 0.4) is 0 Å². The van der Waals surface area contributed by atoms with Gasteiger partial charge in [0.15, 0.2) is 0 Å². The lowest BCUT2D eigenvalue weighted by Gasteiger charge is -2.19. The molecule has 0 aliphatic heterocycles. The summed E-state index contributed by atoms with van der Waals surface area (Å²) in [5.74, 6) is 0. The summed E-state index contributed by atoms with van der Waals surface area (Å²) in [4.78, 5) is 0. The molecular weight excluding hydrogens is 278 g/mol. The van der Waals surface area contributed by atoms with Crippen molar-refractivity contribution in [3.63, 3.8) is 0 Å². The molecule has 0 atom stereocenters. The molecule has 0 bridgehead atoms. The maximum atomic E-state index is 5.98. The van der Waals surface area contributed by atoms with Gasteiger partial charge in [0.1, 0.15) is 0 Å². The molecule has 2 heteroatoms. The van der Waals surface area contributed by atoms with Crippen molar-refractivity contribution in [3.8, 4) is 0 Å². The third-order valence-corrected chi connectivity index (χ3v) is 3.86. The number of rotatable bonds is 5. The third-order valence-electron chi connectivity index (χ3n) is 3.63. The minimum Gasteiger partial charge on any atom is -0.312 e. The fraction of sp³-hybridized carbons (Fsp3) is 0.368. The smallest absolute Gasteiger partial charge is 0.0408 e. The number of benzene rings is 2. The Hall–Kier alpha value is -1.31. The van der Waals surface area contributed by atoms with E-state index in [0.29, 0.717) is 0 Å². The monoisotopic (exact) mass is 301 g/mol. The van der Waals surface area contributed by atoms with Crippen molar-refractivity contribution in [3.05, 3.63) is 70.2 Å². The van der Waals surface area contributed by atoms with Crippen LogP contribution in [-0.4, -0.2) is 6.54 Å². The Balaban J connectivity index is 1.79. The van der Waals surface area contributed by atoms with Gasteiger partial charge in [0.05, 0.1) is 0 Å². The molecular formula is C19H24ClN. The predicted octanol–water partition coefficient (Wildman–Crippen LogP) is 4.97. The number of nitrogens with one attached hydrogen (secondary N) is 1. The Morgan fingerprint density at radius 1 is 0.952 bits per heavy atom. The van der Waals surface area contributed by atoms with E-state index in [4.69, 9.17) is 11.6 Å². The van der Waals surface area contributed by atoms with Crippen LogP contribution in [-0.2, 0) is 18.4 Å². The van der Waals surface area contributed by atoms with E-state index in [1.54, 1.807) is 0 Å². The van der Waals surface area contributed by atoms with Crippen LogP contribution in [0.5, 0.6) is 0 Å². The SMILES string of the molecule is CC(C)(C)c1ccc(CNCCc2cccc(Cl)c2)cc1. The molecule has 0 heterocycles. The normalized spacial score (nSPS) is 11.6. The molecule has 0 unspecified atom stereocenters. The Labute approximate surface area is 133 Å². The molecule has 2 aromatic rings. The molecule has 0 saturated carbocycles. The molecule has 0 aliphatic rings. The van der Waals surface area contributed by atoms with E-state index < -0.39 is 0 Å². The van der Waals surface area contributed by atoms with E-state index in [1.807, 2.05) is 18.2 Å². The quantitative estimate of drug-likeness (QED) is 0.769. The first kappa shape index (κ1) is 16.1.